The van der Waals surface area contributed by atoms with Crippen molar-refractivity contribution in [2.45, 2.75) is 13.5 Å². The van der Waals surface area contributed by atoms with Gasteiger partial charge in [0.25, 0.3) is 5.69 Å². The number of nitro groups is 1. The van der Waals surface area contributed by atoms with Crippen LogP contribution < -0.4 is 5.32 Å². The van der Waals surface area contributed by atoms with E-state index in [0.717, 1.165) is 11.3 Å². The number of pyridine rings is 1. The molecule has 0 bridgehead atoms. The summed E-state index contributed by atoms with van der Waals surface area (Å²) in [5.74, 6) is 0. The molecular weight excluding hydrogens is 230 g/mol. The van der Waals surface area contributed by atoms with Crippen LogP contribution in [0.2, 0.25) is 0 Å². The van der Waals surface area contributed by atoms with E-state index < -0.39 is 4.92 Å². The second-order valence-corrected chi connectivity index (χ2v) is 3.93. The lowest BCUT2D eigenvalue weighted by Gasteiger charge is -2.07. The van der Waals surface area contributed by atoms with Crippen molar-refractivity contribution < 1.29 is 4.92 Å². The number of aryl methyl sites for hydroxylation is 1. The van der Waals surface area contributed by atoms with Gasteiger partial charge in [0.05, 0.1) is 17.2 Å². The first-order valence-electron chi connectivity index (χ1n) is 5.55. The Bertz CT molecular complexity index is 570. The Labute approximate surface area is 105 Å². The Hall–Kier alpha value is -2.43. The maximum absolute atomic E-state index is 10.6. The molecule has 0 aliphatic rings. The van der Waals surface area contributed by atoms with E-state index in [1.807, 2.05) is 19.1 Å². The van der Waals surface area contributed by atoms with Gasteiger partial charge in [-0.25, -0.2) is 0 Å². The maximum atomic E-state index is 10.6. The second-order valence-electron chi connectivity index (χ2n) is 3.93. The van der Waals surface area contributed by atoms with Crippen molar-refractivity contribution in [2.75, 3.05) is 5.32 Å². The van der Waals surface area contributed by atoms with Crippen LogP contribution in [-0.2, 0) is 6.54 Å². The SMILES string of the molecule is Cc1cccnc1CNc1cccc([N+](=O)[O-])c1. The quantitative estimate of drug-likeness (QED) is 0.662. The summed E-state index contributed by atoms with van der Waals surface area (Å²) in [5.41, 5.74) is 2.83. The fourth-order valence-electron chi connectivity index (χ4n) is 1.62. The third-order valence-corrected chi connectivity index (χ3v) is 2.63. The van der Waals surface area contributed by atoms with Gasteiger partial charge in [0.1, 0.15) is 0 Å². The molecule has 92 valence electrons. The highest BCUT2D eigenvalue weighted by molar-refractivity contribution is 5.51. The molecule has 1 aromatic heterocycles. The summed E-state index contributed by atoms with van der Waals surface area (Å²) in [6.07, 6.45) is 1.73. The fraction of sp³-hybridized carbons (Fsp3) is 0.154. The molecule has 0 spiro atoms. The van der Waals surface area contributed by atoms with E-state index in [2.05, 4.69) is 10.3 Å². The van der Waals surface area contributed by atoms with E-state index in [1.165, 1.54) is 12.1 Å². The van der Waals surface area contributed by atoms with Crippen molar-refractivity contribution >= 4 is 11.4 Å². The third-order valence-electron chi connectivity index (χ3n) is 2.63. The van der Waals surface area contributed by atoms with Gasteiger partial charge in [-0.2, -0.15) is 0 Å². The monoisotopic (exact) mass is 243 g/mol. The number of anilines is 1. The van der Waals surface area contributed by atoms with Crippen molar-refractivity contribution in [1.29, 1.82) is 0 Å². The number of nitro benzene ring substituents is 1. The average Bonchev–Trinajstić information content (AvgIpc) is 2.38. The van der Waals surface area contributed by atoms with Crippen molar-refractivity contribution in [2.24, 2.45) is 0 Å². The van der Waals surface area contributed by atoms with Crippen LogP contribution in [0.15, 0.2) is 42.6 Å². The molecule has 0 aliphatic heterocycles. The Morgan fingerprint density at radius 1 is 1.33 bits per heavy atom. The topological polar surface area (TPSA) is 68.1 Å². The van der Waals surface area contributed by atoms with Crippen LogP contribution >= 0.6 is 0 Å². The standard InChI is InChI=1S/C13H13N3O2/c1-10-4-3-7-14-13(10)9-15-11-5-2-6-12(8-11)16(17)18/h2-8,15H,9H2,1H3. The first-order chi connectivity index (χ1) is 8.66. The zero-order valence-electron chi connectivity index (χ0n) is 9.96. The first-order valence-corrected chi connectivity index (χ1v) is 5.55. The van der Waals surface area contributed by atoms with E-state index in [-0.39, 0.29) is 5.69 Å². The molecule has 0 unspecified atom stereocenters. The minimum absolute atomic E-state index is 0.0812. The van der Waals surface area contributed by atoms with Gasteiger partial charge in [-0.05, 0) is 24.6 Å². The summed E-state index contributed by atoms with van der Waals surface area (Å²) in [6.45, 7) is 2.53. The largest absolute Gasteiger partial charge is 0.379 e. The predicted octanol–water partition coefficient (Wildman–Crippen LogP) is 2.91. The predicted molar refractivity (Wildman–Crippen MR) is 69.4 cm³/mol. The summed E-state index contributed by atoms with van der Waals surface area (Å²) in [4.78, 5) is 14.5. The Morgan fingerprint density at radius 2 is 2.17 bits per heavy atom. The van der Waals surface area contributed by atoms with Crippen molar-refractivity contribution in [3.63, 3.8) is 0 Å². The van der Waals surface area contributed by atoms with E-state index in [1.54, 1.807) is 18.3 Å². The Kier molecular flexibility index (Phi) is 3.52. The molecule has 1 N–H and O–H groups in total. The molecule has 0 amide bonds. The minimum atomic E-state index is -0.406. The van der Waals surface area contributed by atoms with Crippen molar-refractivity contribution in [3.05, 3.63) is 64.0 Å². The number of benzene rings is 1. The van der Waals surface area contributed by atoms with E-state index in [0.29, 0.717) is 12.2 Å². The molecule has 2 aromatic rings. The highest BCUT2D eigenvalue weighted by Crippen LogP contribution is 2.17. The molecule has 5 heteroatoms. The number of hydrogen-bond acceptors (Lipinski definition) is 4. The van der Waals surface area contributed by atoms with Crippen LogP contribution in [0.5, 0.6) is 0 Å². The summed E-state index contributed by atoms with van der Waals surface area (Å²) >= 11 is 0. The lowest BCUT2D eigenvalue weighted by molar-refractivity contribution is -0.384. The fourth-order valence-corrected chi connectivity index (χ4v) is 1.62. The zero-order chi connectivity index (χ0) is 13.0. The number of non-ortho nitro benzene ring substituents is 1. The lowest BCUT2D eigenvalue weighted by atomic mass is 10.2. The van der Waals surface area contributed by atoms with Gasteiger partial charge in [-0.1, -0.05) is 12.1 Å². The van der Waals surface area contributed by atoms with E-state index >= 15 is 0 Å². The van der Waals surface area contributed by atoms with Gasteiger partial charge in [0, 0.05) is 24.0 Å². The summed E-state index contributed by atoms with van der Waals surface area (Å²) in [7, 11) is 0. The van der Waals surface area contributed by atoms with Crippen LogP contribution in [0.4, 0.5) is 11.4 Å². The highest BCUT2D eigenvalue weighted by Gasteiger charge is 2.05. The number of nitrogens with one attached hydrogen (secondary N) is 1. The lowest BCUT2D eigenvalue weighted by Crippen LogP contribution is -2.03. The van der Waals surface area contributed by atoms with Crippen LogP contribution in [-0.4, -0.2) is 9.91 Å². The molecule has 0 radical (unpaired) electrons. The molecule has 0 saturated carbocycles. The molecule has 0 atom stereocenters. The molecule has 2 rings (SSSR count). The van der Waals surface area contributed by atoms with E-state index in [9.17, 15) is 10.1 Å². The van der Waals surface area contributed by atoms with Crippen LogP contribution in [0, 0.1) is 17.0 Å². The van der Waals surface area contributed by atoms with Gasteiger partial charge in [0.15, 0.2) is 0 Å². The van der Waals surface area contributed by atoms with Crippen molar-refractivity contribution in [3.8, 4) is 0 Å². The number of aromatic nitrogens is 1. The van der Waals surface area contributed by atoms with Gasteiger partial charge in [-0.15, -0.1) is 0 Å². The smallest absolute Gasteiger partial charge is 0.271 e. The third kappa shape index (κ3) is 2.82. The molecule has 1 heterocycles. The Morgan fingerprint density at radius 3 is 2.89 bits per heavy atom. The van der Waals surface area contributed by atoms with Crippen LogP contribution in [0.25, 0.3) is 0 Å². The van der Waals surface area contributed by atoms with Gasteiger partial charge >= 0.3 is 0 Å². The first kappa shape index (κ1) is 12.0. The molecule has 18 heavy (non-hydrogen) atoms. The van der Waals surface area contributed by atoms with Crippen LogP contribution in [0.1, 0.15) is 11.3 Å². The number of nitrogens with zero attached hydrogens (tertiary/aromatic N) is 2. The van der Waals surface area contributed by atoms with E-state index in [4.69, 9.17) is 0 Å². The minimum Gasteiger partial charge on any atom is -0.379 e. The molecule has 0 aliphatic carbocycles. The zero-order valence-corrected chi connectivity index (χ0v) is 9.96. The molecule has 1 aromatic carbocycles. The maximum Gasteiger partial charge on any atom is 0.271 e. The summed E-state index contributed by atoms with van der Waals surface area (Å²) in [5, 5.41) is 13.8. The molecule has 0 saturated heterocycles. The van der Waals surface area contributed by atoms with Gasteiger partial charge < -0.3 is 5.32 Å². The second kappa shape index (κ2) is 5.27. The van der Waals surface area contributed by atoms with Crippen LogP contribution in [0.3, 0.4) is 0 Å². The number of hydrogen-bond donors (Lipinski definition) is 1. The highest BCUT2D eigenvalue weighted by atomic mass is 16.6. The van der Waals surface area contributed by atoms with Crippen molar-refractivity contribution in [1.82, 2.24) is 4.98 Å². The van der Waals surface area contributed by atoms with Gasteiger partial charge in [-0.3, -0.25) is 15.1 Å². The van der Waals surface area contributed by atoms with Gasteiger partial charge in [0.2, 0.25) is 0 Å². The Balaban J connectivity index is 2.09. The summed E-state index contributed by atoms with van der Waals surface area (Å²) < 4.78 is 0. The molecule has 5 nitrogen and oxygen atoms in total. The molecular formula is C13H13N3O2. The average molecular weight is 243 g/mol. The molecule has 0 fully saturated rings. The normalized spacial score (nSPS) is 10.1. The number of rotatable bonds is 4. The summed E-state index contributed by atoms with van der Waals surface area (Å²) in [6, 6.07) is 10.3.